The maximum absolute atomic E-state index is 4.50. The van der Waals surface area contributed by atoms with Crippen molar-refractivity contribution in [2.45, 2.75) is 38.1 Å². The molecule has 2 aliphatic rings. The molecule has 3 heterocycles. The molecule has 2 fully saturated rings. The largest absolute Gasteiger partial charge is 0.356 e. The number of guanidine groups is 1. The fourth-order valence-corrected chi connectivity index (χ4v) is 4.37. The number of hydrogen-bond acceptors (Lipinski definition) is 3. The number of likely N-dealkylation sites (tertiary alicyclic amines) is 2. The Hall–Kier alpha value is -1.07. The van der Waals surface area contributed by atoms with Gasteiger partial charge in [-0.15, -0.1) is 0 Å². The Morgan fingerprint density at radius 3 is 2.91 bits per heavy atom. The Balaban J connectivity index is 1.49. The molecule has 0 bridgehead atoms. The molecule has 122 valence electrons. The molecule has 4 nitrogen and oxygen atoms in total. The van der Waals surface area contributed by atoms with Crippen LogP contribution in [0.1, 0.15) is 37.7 Å². The summed E-state index contributed by atoms with van der Waals surface area (Å²) < 4.78 is 0. The Bertz CT molecular complexity index is 479. The molecule has 0 aromatic carbocycles. The highest BCUT2D eigenvalue weighted by Crippen LogP contribution is 2.21. The molecule has 2 saturated heterocycles. The van der Waals surface area contributed by atoms with Crippen LogP contribution in [0.4, 0.5) is 0 Å². The van der Waals surface area contributed by atoms with Crippen LogP contribution in [0.25, 0.3) is 0 Å². The van der Waals surface area contributed by atoms with Gasteiger partial charge < -0.3 is 10.2 Å². The van der Waals surface area contributed by atoms with Gasteiger partial charge in [0, 0.05) is 32.7 Å². The highest BCUT2D eigenvalue weighted by molar-refractivity contribution is 7.07. The summed E-state index contributed by atoms with van der Waals surface area (Å²) in [5.74, 6) is 1.60. The zero-order valence-corrected chi connectivity index (χ0v) is 14.6. The van der Waals surface area contributed by atoms with Crippen molar-refractivity contribution in [1.82, 2.24) is 15.1 Å². The van der Waals surface area contributed by atoms with Crippen LogP contribution in [0.3, 0.4) is 0 Å². The van der Waals surface area contributed by atoms with Crippen LogP contribution in [-0.4, -0.2) is 61.6 Å². The van der Waals surface area contributed by atoms with Crippen molar-refractivity contribution in [2.75, 3.05) is 39.8 Å². The SMILES string of the molecule is CN=C(NCC(C)c1ccsc1)N1CCC(N2CCCC2)C1. The number of nitrogens with one attached hydrogen (secondary N) is 1. The highest BCUT2D eigenvalue weighted by atomic mass is 32.1. The summed E-state index contributed by atoms with van der Waals surface area (Å²) in [6.07, 6.45) is 4.03. The van der Waals surface area contributed by atoms with E-state index in [2.05, 4.69) is 43.9 Å². The number of nitrogens with zero attached hydrogens (tertiary/aromatic N) is 3. The molecule has 1 N–H and O–H groups in total. The predicted molar refractivity (Wildman–Crippen MR) is 94.9 cm³/mol. The standard InChI is InChI=1S/C17H28N4S/c1-14(15-6-10-22-13-15)11-19-17(18-2)21-9-5-16(12-21)20-7-3-4-8-20/h6,10,13-14,16H,3-5,7-9,11-12H2,1-2H3,(H,18,19). The lowest BCUT2D eigenvalue weighted by atomic mass is 10.1. The fourth-order valence-electron chi connectivity index (χ4n) is 3.59. The molecular weight excluding hydrogens is 292 g/mol. The molecule has 0 amide bonds. The van der Waals surface area contributed by atoms with Crippen LogP contribution < -0.4 is 5.32 Å². The van der Waals surface area contributed by atoms with E-state index in [1.807, 2.05) is 7.05 Å². The minimum atomic E-state index is 0.528. The van der Waals surface area contributed by atoms with Gasteiger partial charge in [0.15, 0.2) is 5.96 Å². The van der Waals surface area contributed by atoms with Crippen LogP contribution >= 0.6 is 11.3 Å². The average Bonchev–Trinajstić information content (AvgIpc) is 3.27. The first-order valence-corrected chi connectivity index (χ1v) is 9.44. The van der Waals surface area contributed by atoms with Crippen molar-refractivity contribution < 1.29 is 0 Å². The van der Waals surface area contributed by atoms with Gasteiger partial charge in [-0.05, 0) is 60.7 Å². The molecule has 0 spiro atoms. The molecule has 2 atom stereocenters. The second-order valence-corrected chi connectivity index (χ2v) is 7.30. The molecule has 1 aromatic heterocycles. The summed E-state index contributed by atoms with van der Waals surface area (Å²) in [6.45, 7) is 8.08. The van der Waals surface area contributed by atoms with E-state index in [9.17, 15) is 0 Å². The number of thiophene rings is 1. The second kappa shape index (κ2) is 7.47. The number of hydrogen-bond donors (Lipinski definition) is 1. The molecule has 2 unspecified atom stereocenters. The third-order valence-electron chi connectivity index (χ3n) is 5.01. The van der Waals surface area contributed by atoms with E-state index in [4.69, 9.17) is 0 Å². The van der Waals surface area contributed by atoms with E-state index in [0.717, 1.165) is 31.6 Å². The Morgan fingerprint density at radius 2 is 2.23 bits per heavy atom. The van der Waals surface area contributed by atoms with Crippen LogP contribution in [0, 0.1) is 0 Å². The summed E-state index contributed by atoms with van der Waals surface area (Å²) in [5, 5.41) is 7.97. The minimum absolute atomic E-state index is 0.528. The van der Waals surface area contributed by atoms with Gasteiger partial charge in [-0.1, -0.05) is 6.92 Å². The molecule has 5 heteroatoms. The lowest BCUT2D eigenvalue weighted by Crippen LogP contribution is -2.43. The van der Waals surface area contributed by atoms with E-state index >= 15 is 0 Å². The van der Waals surface area contributed by atoms with Gasteiger partial charge in [-0.25, -0.2) is 0 Å². The van der Waals surface area contributed by atoms with Crippen molar-refractivity contribution in [1.29, 1.82) is 0 Å². The lowest BCUT2D eigenvalue weighted by molar-refractivity contribution is 0.249. The maximum Gasteiger partial charge on any atom is 0.193 e. The molecule has 0 saturated carbocycles. The van der Waals surface area contributed by atoms with Gasteiger partial charge in [-0.2, -0.15) is 11.3 Å². The van der Waals surface area contributed by atoms with Gasteiger partial charge in [0.1, 0.15) is 0 Å². The van der Waals surface area contributed by atoms with Crippen LogP contribution in [-0.2, 0) is 0 Å². The average molecular weight is 321 g/mol. The number of rotatable bonds is 4. The first-order chi connectivity index (χ1) is 10.8. The van der Waals surface area contributed by atoms with Gasteiger partial charge in [0.2, 0.25) is 0 Å². The predicted octanol–water partition coefficient (Wildman–Crippen LogP) is 2.60. The molecule has 22 heavy (non-hydrogen) atoms. The molecule has 0 aliphatic carbocycles. The summed E-state index contributed by atoms with van der Waals surface area (Å²) in [7, 11) is 1.90. The Kier molecular flexibility index (Phi) is 5.37. The fraction of sp³-hybridized carbons (Fsp3) is 0.706. The molecule has 2 aliphatic heterocycles. The van der Waals surface area contributed by atoms with E-state index in [-0.39, 0.29) is 0 Å². The Morgan fingerprint density at radius 1 is 1.41 bits per heavy atom. The van der Waals surface area contributed by atoms with Crippen molar-refractivity contribution in [2.24, 2.45) is 4.99 Å². The van der Waals surface area contributed by atoms with Crippen LogP contribution in [0.2, 0.25) is 0 Å². The van der Waals surface area contributed by atoms with Crippen LogP contribution in [0.5, 0.6) is 0 Å². The summed E-state index contributed by atoms with van der Waals surface area (Å²) in [4.78, 5) is 9.60. The monoisotopic (exact) mass is 320 g/mol. The smallest absolute Gasteiger partial charge is 0.193 e. The number of aliphatic imine (C=N–C) groups is 1. The van der Waals surface area contributed by atoms with Crippen molar-refractivity contribution in [3.8, 4) is 0 Å². The maximum atomic E-state index is 4.50. The summed E-state index contributed by atoms with van der Waals surface area (Å²) in [6, 6.07) is 2.95. The molecule has 3 rings (SSSR count). The normalized spacial score (nSPS) is 24.9. The van der Waals surface area contributed by atoms with Crippen molar-refractivity contribution >= 4 is 17.3 Å². The topological polar surface area (TPSA) is 30.9 Å². The van der Waals surface area contributed by atoms with Crippen LogP contribution in [0.15, 0.2) is 21.8 Å². The highest BCUT2D eigenvalue weighted by Gasteiger charge is 2.30. The molecule has 0 radical (unpaired) electrons. The third kappa shape index (κ3) is 3.63. The Labute approximate surface area is 138 Å². The first-order valence-electron chi connectivity index (χ1n) is 8.49. The van der Waals surface area contributed by atoms with Gasteiger partial charge in [-0.3, -0.25) is 9.89 Å². The minimum Gasteiger partial charge on any atom is -0.356 e. The van der Waals surface area contributed by atoms with E-state index in [1.165, 1.54) is 37.9 Å². The lowest BCUT2D eigenvalue weighted by Gasteiger charge is -2.26. The van der Waals surface area contributed by atoms with Gasteiger partial charge in [0.05, 0.1) is 0 Å². The van der Waals surface area contributed by atoms with E-state index in [0.29, 0.717) is 5.92 Å². The van der Waals surface area contributed by atoms with Crippen molar-refractivity contribution in [3.05, 3.63) is 22.4 Å². The van der Waals surface area contributed by atoms with E-state index < -0.39 is 0 Å². The molecular formula is C17H28N4S. The zero-order chi connectivity index (χ0) is 15.4. The first kappa shape index (κ1) is 15.8. The quantitative estimate of drug-likeness (QED) is 0.683. The summed E-state index contributed by atoms with van der Waals surface area (Å²) in [5.41, 5.74) is 1.42. The second-order valence-electron chi connectivity index (χ2n) is 6.52. The zero-order valence-electron chi connectivity index (χ0n) is 13.8. The third-order valence-corrected chi connectivity index (χ3v) is 5.71. The summed E-state index contributed by atoms with van der Waals surface area (Å²) >= 11 is 1.77. The van der Waals surface area contributed by atoms with Gasteiger partial charge in [0.25, 0.3) is 0 Å². The van der Waals surface area contributed by atoms with Gasteiger partial charge >= 0.3 is 0 Å². The van der Waals surface area contributed by atoms with E-state index in [1.54, 1.807) is 11.3 Å². The molecule has 1 aromatic rings. The van der Waals surface area contributed by atoms with Crippen molar-refractivity contribution in [3.63, 3.8) is 0 Å².